The molecule has 0 heterocycles. The SMILES string of the molecule is CCOCc1ccccc1CNC(=O)c1cc(SC)ccc1[N+](=O)[O-]. The van der Waals surface area contributed by atoms with Gasteiger partial charge < -0.3 is 10.1 Å². The highest BCUT2D eigenvalue weighted by atomic mass is 32.2. The van der Waals surface area contributed by atoms with Gasteiger partial charge in [0.1, 0.15) is 5.56 Å². The zero-order chi connectivity index (χ0) is 18.2. The summed E-state index contributed by atoms with van der Waals surface area (Å²) in [5.74, 6) is -0.464. The van der Waals surface area contributed by atoms with Crippen molar-refractivity contribution in [1.29, 1.82) is 0 Å². The number of nitro benzene ring substituents is 1. The average Bonchev–Trinajstić information content (AvgIpc) is 2.64. The molecule has 0 atom stereocenters. The van der Waals surface area contributed by atoms with Gasteiger partial charge in [0.05, 0.1) is 11.5 Å². The molecule has 0 spiro atoms. The van der Waals surface area contributed by atoms with Gasteiger partial charge in [-0.3, -0.25) is 14.9 Å². The fourth-order valence-electron chi connectivity index (χ4n) is 2.34. The number of nitrogens with one attached hydrogen (secondary N) is 1. The Morgan fingerprint density at radius 2 is 1.96 bits per heavy atom. The fraction of sp³-hybridized carbons (Fsp3) is 0.278. The molecule has 0 bridgehead atoms. The number of ether oxygens (including phenoxy) is 1. The van der Waals surface area contributed by atoms with Gasteiger partial charge in [0.25, 0.3) is 11.6 Å². The van der Waals surface area contributed by atoms with Gasteiger partial charge in [0.2, 0.25) is 0 Å². The highest BCUT2D eigenvalue weighted by molar-refractivity contribution is 7.98. The van der Waals surface area contributed by atoms with Gasteiger partial charge >= 0.3 is 0 Å². The Morgan fingerprint density at radius 3 is 2.60 bits per heavy atom. The van der Waals surface area contributed by atoms with Crippen molar-refractivity contribution in [2.45, 2.75) is 25.0 Å². The molecule has 25 heavy (non-hydrogen) atoms. The summed E-state index contributed by atoms with van der Waals surface area (Å²) in [5, 5.41) is 13.9. The van der Waals surface area contributed by atoms with Crippen molar-refractivity contribution in [2.75, 3.05) is 12.9 Å². The second-order valence-electron chi connectivity index (χ2n) is 5.23. The number of thioether (sulfide) groups is 1. The maximum Gasteiger partial charge on any atom is 0.282 e. The highest BCUT2D eigenvalue weighted by Crippen LogP contribution is 2.25. The molecule has 2 aromatic carbocycles. The Kier molecular flexibility index (Phi) is 6.97. The Morgan fingerprint density at radius 1 is 1.24 bits per heavy atom. The quantitative estimate of drug-likeness (QED) is 0.440. The van der Waals surface area contributed by atoms with Crippen LogP contribution in [0.4, 0.5) is 5.69 Å². The monoisotopic (exact) mass is 360 g/mol. The van der Waals surface area contributed by atoms with Crippen molar-refractivity contribution < 1.29 is 14.5 Å². The number of rotatable bonds is 8. The summed E-state index contributed by atoms with van der Waals surface area (Å²) in [6.07, 6.45) is 1.85. The van der Waals surface area contributed by atoms with Crippen LogP contribution in [0.25, 0.3) is 0 Å². The molecule has 7 heteroatoms. The molecule has 2 rings (SSSR count). The minimum absolute atomic E-state index is 0.0686. The number of nitro groups is 1. The average molecular weight is 360 g/mol. The largest absolute Gasteiger partial charge is 0.377 e. The predicted molar refractivity (Wildman–Crippen MR) is 97.8 cm³/mol. The van der Waals surface area contributed by atoms with Crippen molar-refractivity contribution in [3.8, 4) is 0 Å². The molecule has 1 amide bonds. The van der Waals surface area contributed by atoms with Crippen LogP contribution in [0.1, 0.15) is 28.4 Å². The summed E-state index contributed by atoms with van der Waals surface area (Å²) < 4.78 is 5.43. The predicted octanol–water partition coefficient (Wildman–Crippen LogP) is 3.78. The van der Waals surface area contributed by atoms with E-state index in [0.29, 0.717) is 13.2 Å². The van der Waals surface area contributed by atoms with Gasteiger partial charge in [0.15, 0.2) is 0 Å². The van der Waals surface area contributed by atoms with Crippen LogP contribution in [0.2, 0.25) is 0 Å². The van der Waals surface area contributed by atoms with Crippen LogP contribution in [-0.4, -0.2) is 23.7 Å². The van der Waals surface area contributed by atoms with Gasteiger partial charge in [-0.05, 0) is 36.4 Å². The smallest absolute Gasteiger partial charge is 0.282 e. The Labute approximate surface area is 150 Å². The molecule has 0 aliphatic heterocycles. The summed E-state index contributed by atoms with van der Waals surface area (Å²) in [4.78, 5) is 23.9. The van der Waals surface area contributed by atoms with Gasteiger partial charge in [-0.1, -0.05) is 24.3 Å². The van der Waals surface area contributed by atoms with E-state index in [4.69, 9.17) is 4.74 Å². The first-order chi connectivity index (χ1) is 12.1. The molecule has 2 aromatic rings. The molecule has 6 nitrogen and oxygen atoms in total. The minimum atomic E-state index is -0.540. The fourth-order valence-corrected chi connectivity index (χ4v) is 2.78. The molecule has 0 aromatic heterocycles. The third-order valence-electron chi connectivity index (χ3n) is 3.66. The maximum absolute atomic E-state index is 12.5. The van der Waals surface area contributed by atoms with Crippen LogP contribution in [-0.2, 0) is 17.9 Å². The van der Waals surface area contributed by atoms with E-state index in [0.717, 1.165) is 16.0 Å². The van der Waals surface area contributed by atoms with Gasteiger partial charge in [-0.25, -0.2) is 0 Å². The molecule has 0 saturated heterocycles. The molecule has 0 radical (unpaired) electrons. The second kappa shape index (κ2) is 9.19. The van der Waals surface area contributed by atoms with E-state index in [9.17, 15) is 14.9 Å². The van der Waals surface area contributed by atoms with E-state index in [-0.39, 0.29) is 17.8 Å². The van der Waals surface area contributed by atoms with Crippen molar-refractivity contribution >= 4 is 23.4 Å². The van der Waals surface area contributed by atoms with Gasteiger partial charge in [-0.2, -0.15) is 0 Å². The molecule has 0 fully saturated rings. The molecule has 0 saturated carbocycles. The number of hydrogen-bond acceptors (Lipinski definition) is 5. The number of nitrogens with zero attached hydrogens (tertiary/aromatic N) is 1. The van der Waals surface area contributed by atoms with E-state index in [1.54, 1.807) is 12.1 Å². The van der Waals surface area contributed by atoms with Crippen LogP contribution in [0.5, 0.6) is 0 Å². The van der Waals surface area contributed by atoms with Crippen molar-refractivity contribution in [2.24, 2.45) is 0 Å². The number of hydrogen-bond donors (Lipinski definition) is 1. The third-order valence-corrected chi connectivity index (χ3v) is 4.39. The van der Waals surface area contributed by atoms with Crippen LogP contribution in [0, 0.1) is 10.1 Å². The maximum atomic E-state index is 12.5. The van der Waals surface area contributed by atoms with Crippen LogP contribution in [0.15, 0.2) is 47.4 Å². The van der Waals surface area contributed by atoms with Crippen LogP contribution < -0.4 is 5.32 Å². The van der Waals surface area contributed by atoms with E-state index in [2.05, 4.69) is 5.32 Å². The molecule has 0 aliphatic rings. The molecule has 132 valence electrons. The Hall–Kier alpha value is -2.38. The highest BCUT2D eigenvalue weighted by Gasteiger charge is 2.20. The van der Waals surface area contributed by atoms with Crippen molar-refractivity contribution in [3.05, 3.63) is 69.3 Å². The first kappa shape index (κ1) is 19.0. The number of amides is 1. The summed E-state index contributed by atoms with van der Waals surface area (Å²) in [7, 11) is 0. The van der Waals surface area contributed by atoms with E-state index in [1.165, 1.54) is 17.8 Å². The zero-order valence-corrected chi connectivity index (χ0v) is 15.0. The molecule has 1 N–H and O–H groups in total. The summed E-state index contributed by atoms with van der Waals surface area (Å²) >= 11 is 1.43. The molecular formula is C18H20N2O4S. The van der Waals surface area contributed by atoms with Gasteiger partial charge in [-0.15, -0.1) is 11.8 Å². The molecule has 0 unspecified atom stereocenters. The van der Waals surface area contributed by atoms with Gasteiger partial charge in [0, 0.05) is 24.1 Å². The normalized spacial score (nSPS) is 10.5. The van der Waals surface area contributed by atoms with Crippen LogP contribution >= 0.6 is 11.8 Å². The number of carbonyl (C=O) groups is 1. The van der Waals surface area contributed by atoms with Crippen LogP contribution in [0.3, 0.4) is 0 Å². The third kappa shape index (κ3) is 5.04. The van der Waals surface area contributed by atoms with E-state index in [1.807, 2.05) is 37.4 Å². The molecule has 0 aliphatic carbocycles. The van der Waals surface area contributed by atoms with E-state index < -0.39 is 10.8 Å². The number of benzene rings is 2. The lowest BCUT2D eigenvalue weighted by Crippen LogP contribution is -2.24. The zero-order valence-electron chi connectivity index (χ0n) is 14.2. The lowest BCUT2D eigenvalue weighted by atomic mass is 10.1. The lowest BCUT2D eigenvalue weighted by molar-refractivity contribution is -0.385. The molecular weight excluding hydrogens is 340 g/mol. The minimum Gasteiger partial charge on any atom is -0.377 e. The number of carbonyl (C=O) groups excluding carboxylic acids is 1. The lowest BCUT2D eigenvalue weighted by Gasteiger charge is -2.11. The second-order valence-corrected chi connectivity index (χ2v) is 6.11. The first-order valence-electron chi connectivity index (χ1n) is 7.82. The summed E-state index contributed by atoms with van der Waals surface area (Å²) in [6, 6.07) is 12.2. The summed E-state index contributed by atoms with van der Waals surface area (Å²) in [6.45, 7) is 3.27. The van der Waals surface area contributed by atoms with Crippen molar-refractivity contribution in [1.82, 2.24) is 5.32 Å². The van der Waals surface area contributed by atoms with Crippen molar-refractivity contribution in [3.63, 3.8) is 0 Å². The standard InChI is InChI=1S/C18H20N2O4S/c1-3-24-12-14-7-5-4-6-13(14)11-19-18(21)16-10-15(25-2)8-9-17(16)20(22)23/h4-10H,3,11-12H2,1-2H3,(H,19,21). The first-order valence-corrected chi connectivity index (χ1v) is 9.04. The summed E-state index contributed by atoms with van der Waals surface area (Å²) in [5.41, 5.74) is 1.78. The Bertz CT molecular complexity index is 764. The van der Waals surface area contributed by atoms with E-state index >= 15 is 0 Å². The topological polar surface area (TPSA) is 81.5 Å². The Balaban J connectivity index is 2.17.